The average Bonchev–Trinajstić information content (AvgIpc) is 3.32. The van der Waals surface area contributed by atoms with E-state index in [1.807, 2.05) is 26.8 Å². The minimum Gasteiger partial charge on any atom is -0.472 e. The molecule has 186 valence electrons. The molecule has 4 aliphatic rings. The summed E-state index contributed by atoms with van der Waals surface area (Å²) in [6, 6.07) is 1.88. The normalized spacial score (nSPS) is 43.2. The molecule has 2 N–H and O–H groups in total. The smallest absolute Gasteiger partial charge is 0.305 e. The van der Waals surface area contributed by atoms with Crippen molar-refractivity contribution in [1.82, 2.24) is 0 Å². The van der Waals surface area contributed by atoms with Crippen LogP contribution in [0.1, 0.15) is 71.5 Å². The van der Waals surface area contributed by atoms with Crippen LogP contribution < -0.4 is 0 Å². The zero-order valence-electron chi connectivity index (χ0n) is 20.7. The molecule has 1 aromatic heterocycles. The van der Waals surface area contributed by atoms with Gasteiger partial charge in [-0.3, -0.25) is 9.59 Å². The van der Waals surface area contributed by atoms with Crippen LogP contribution in [0.3, 0.4) is 0 Å². The Labute approximate surface area is 200 Å². The van der Waals surface area contributed by atoms with E-state index in [4.69, 9.17) is 13.9 Å². The Balaban J connectivity index is 1.66. The van der Waals surface area contributed by atoms with Gasteiger partial charge in [-0.1, -0.05) is 38.8 Å². The van der Waals surface area contributed by atoms with Crippen LogP contribution in [0.15, 0.2) is 34.2 Å². The number of carbonyl (C=O) groups is 2. The van der Waals surface area contributed by atoms with E-state index in [0.717, 1.165) is 24.0 Å². The van der Waals surface area contributed by atoms with Crippen molar-refractivity contribution in [3.8, 4) is 0 Å². The Morgan fingerprint density at radius 2 is 1.94 bits per heavy atom. The highest BCUT2D eigenvalue weighted by atomic mass is 16.6. The number of hydrogen-bond acceptors (Lipinski definition) is 7. The first-order valence-corrected chi connectivity index (χ1v) is 12.3. The summed E-state index contributed by atoms with van der Waals surface area (Å²) in [6.45, 7) is 8.12. The molecule has 0 spiro atoms. The molecule has 2 saturated carbocycles. The summed E-state index contributed by atoms with van der Waals surface area (Å²) >= 11 is 0. The van der Waals surface area contributed by atoms with Crippen molar-refractivity contribution in [3.05, 3.63) is 35.3 Å². The predicted molar refractivity (Wildman–Crippen MR) is 122 cm³/mol. The number of ketones is 1. The molecule has 0 aromatic carbocycles. The second-order valence-electron chi connectivity index (χ2n) is 11.8. The molecular formula is C27H36O7. The summed E-state index contributed by atoms with van der Waals surface area (Å²) in [4.78, 5) is 26.4. The van der Waals surface area contributed by atoms with Gasteiger partial charge in [0.1, 0.15) is 5.78 Å². The van der Waals surface area contributed by atoms with Gasteiger partial charge in [0.2, 0.25) is 0 Å². The lowest BCUT2D eigenvalue weighted by Gasteiger charge is -2.63. The van der Waals surface area contributed by atoms with Gasteiger partial charge in [-0.05, 0) is 42.6 Å². The zero-order valence-corrected chi connectivity index (χ0v) is 20.7. The van der Waals surface area contributed by atoms with Crippen LogP contribution in [0.2, 0.25) is 0 Å². The highest BCUT2D eigenvalue weighted by molar-refractivity contribution is 5.92. The van der Waals surface area contributed by atoms with Gasteiger partial charge in [-0.15, -0.1) is 0 Å². The number of aliphatic hydroxyl groups is 2. The molecule has 34 heavy (non-hydrogen) atoms. The average molecular weight is 473 g/mol. The molecule has 5 rings (SSSR count). The molecule has 7 heteroatoms. The van der Waals surface area contributed by atoms with Crippen molar-refractivity contribution in [2.75, 3.05) is 7.11 Å². The molecule has 2 heterocycles. The van der Waals surface area contributed by atoms with Crippen molar-refractivity contribution in [3.63, 3.8) is 0 Å². The fraction of sp³-hybridized carbons (Fsp3) is 0.704. The van der Waals surface area contributed by atoms with E-state index in [9.17, 15) is 19.8 Å². The molecule has 3 fully saturated rings. The number of ether oxygens (including phenoxy) is 2. The quantitative estimate of drug-likeness (QED) is 0.507. The van der Waals surface area contributed by atoms with Gasteiger partial charge in [0.15, 0.2) is 6.29 Å². The summed E-state index contributed by atoms with van der Waals surface area (Å²) in [7, 11) is 1.36. The summed E-state index contributed by atoms with van der Waals surface area (Å²) in [6.07, 6.45) is 3.66. The van der Waals surface area contributed by atoms with Gasteiger partial charge in [-0.2, -0.15) is 0 Å². The van der Waals surface area contributed by atoms with Gasteiger partial charge in [0, 0.05) is 35.2 Å². The van der Waals surface area contributed by atoms with Gasteiger partial charge in [0.25, 0.3) is 0 Å². The van der Waals surface area contributed by atoms with Crippen molar-refractivity contribution in [2.45, 2.75) is 78.3 Å². The number of methoxy groups -OCH3 is 1. The van der Waals surface area contributed by atoms with Crippen LogP contribution in [-0.2, 0) is 19.1 Å². The third-order valence-corrected chi connectivity index (χ3v) is 9.94. The lowest BCUT2D eigenvalue weighted by atomic mass is 9.40. The fourth-order valence-electron chi connectivity index (χ4n) is 8.12. The minimum atomic E-state index is -0.952. The summed E-state index contributed by atoms with van der Waals surface area (Å²) < 4.78 is 16.4. The molecule has 2 unspecified atom stereocenters. The number of esters is 1. The molecule has 3 aliphatic carbocycles. The maximum atomic E-state index is 13.9. The SMILES string of the molecule is COC(=O)C[C@H]1C(C)(C)[C@@H](O)[C@@H]2CC3=C4CC(O)O[C@@H](c5ccoc5)[C@]4(C)CCC3[C@@]1(C)C2=O. The number of hydrogen-bond donors (Lipinski definition) is 2. The maximum absolute atomic E-state index is 13.9. The zero-order chi connectivity index (χ0) is 24.6. The lowest BCUT2D eigenvalue weighted by Crippen LogP contribution is -2.66. The Hall–Kier alpha value is -1.96. The topological polar surface area (TPSA) is 106 Å². The fourth-order valence-corrected chi connectivity index (χ4v) is 8.12. The number of Topliss-reactive ketones (excluding diaryl/α,β-unsaturated/α-hetero) is 1. The van der Waals surface area contributed by atoms with Crippen LogP contribution in [0.4, 0.5) is 0 Å². The van der Waals surface area contributed by atoms with Crippen molar-refractivity contribution in [1.29, 1.82) is 0 Å². The third kappa shape index (κ3) is 3.06. The Morgan fingerprint density at radius 1 is 1.21 bits per heavy atom. The van der Waals surface area contributed by atoms with Gasteiger partial charge in [0.05, 0.1) is 31.8 Å². The van der Waals surface area contributed by atoms with Gasteiger partial charge >= 0.3 is 5.97 Å². The Kier molecular flexibility index (Phi) is 5.43. The summed E-state index contributed by atoms with van der Waals surface area (Å²) in [5.41, 5.74) is 1.44. The maximum Gasteiger partial charge on any atom is 0.305 e. The molecule has 8 atom stereocenters. The van der Waals surface area contributed by atoms with Crippen LogP contribution in [0.5, 0.6) is 0 Å². The Bertz CT molecular complexity index is 1020. The van der Waals surface area contributed by atoms with Crippen LogP contribution in [0.25, 0.3) is 0 Å². The van der Waals surface area contributed by atoms with Gasteiger partial charge in [-0.25, -0.2) is 0 Å². The number of rotatable bonds is 3. The number of carbonyl (C=O) groups excluding carboxylic acids is 2. The number of furan rings is 1. The van der Waals surface area contributed by atoms with E-state index < -0.39 is 29.1 Å². The number of aliphatic hydroxyl groups excluding tert-OH is 2. The first kappa shape index (κ1) is 23.8. The highest BCUT2D eigenvalue weighted by Crippen LogP contribution is 2.67. The third-order valence-electron chi connectivity index (χ3n) is 9.94. The number of allylic oxidation sites excluding steroid dienone is 1. The molecule has 0 amide bonds. The molecule has 1 aliphatic heterocycles. The summed E-state index contributed by atoms with van der Waals surface area (Å²) in [5, 5.41) is 22.1. The first-order valence-electron chi connectivity index (χ1n) is 12.3. The van der Waals surface area contributed by atoms with Crippen molar-refractivity contribution in [2.24, 2.45) is 34.0 Å². The molecule has 1 saturated heterocycles. The van der Waals surface area contributed by atoms with Crippen molar-refractivity contribution >= 4 is 11.8 Å². The predicted octanol–water partition coefficient (Wildman–Crippen LogP) is 3.95. The van der Waals surface area contributed by atoms with Crippen LogP contribution in [-0.4, -0.2) is 41.5 Å². The van der Waals surface area contributed by atoms with Crippen LogP contribution in [0, 0.1) is 34.0 Å². The minimum absolute atomic E-state index is 0.0453. The van der Waals surface area contributed by atoms with Crippen LogP contribution >= 0.6 is 0 Å². The largest absolute Gasteiger partial charge is 0.472 e. The van der Waals surface area contributed by atoms with Gasteiger partial charge < -0.3 is 24.1 Å². The second-order valence-corrected chi connectivity index (χ2v) is 11.8. The number of fused-ring (bicyclic) bond motifs is 5. The van der Waals surface area contributed by atoms with Crippen molar-refractivity contribution < 1.29 is 33.7 Å². The molecule has 0 radical (unpaired) electrons. The molecule has 1 aromatic rings. The second kappa shape index (κ2) is 7.77. The summed E-state index contributed by atoms with van der Waals surface area (Å²) in [5.74, 6) is -1.23. The monoisotopic (exact) mass is 472 g/mol. The van der Waals surface area contributed by atoms with E-state index in [-0.39, 0.29) is 41.5 Å². The van der Waals surface area contributed by atoms with E-state index in [0.29, 0.717) is 12.8 Å². The Morgan fingerprint density at radius 3 is 2.59 bits per heavy atom. The molecule has 7 nitrogen and oxygen atoms in total. The van der Waals surface area contributed by atoms with E-state index in [2.05, 4.69) is 6.92 Å². The highest BCUT2D eigenvalue weighted by Gasteiger charge is 2.67. The van der Waals surface area contributed by atoms with E-state index in [1.165, 1.54) is 12.7 Å². The standard InChI is InChI=1S/C27H36O7/c1-25(2)19(12-20(28)32-5)27(4)17-6-8-26(3)18(15(17)10-16(22(25)30)23(27)31)11-21(29)34-24(26)14-7-9-33-13-14/h7,9,13,16-17,19,21-22,24,29-30H,6,8,10-12H2,1-5H3/t16-,17?,19-,21?,22-,24-,26+,27+/m0/s1. The lowest BCUT2D eigenvalue weighted by molar-refractivity contribution is -0.201. The van der Waals surface area contributed by atoms with E-state index >= 15 is 0 Å². The van der Waals surface area contributed by atoms with E-state index in [1.54, 1.807) is 12.5 Å². The first-order chi connectivity index (χ1) is 16.0. The molecular weight excluding hydrogens is 436 g/mol. The molecule has 2 bridgehead atoms.